The highest BCUT2D eigenvalue weighted by Crippen LogP contribution is 2.08. The summed E-state index contributed by atoms with van der Waals surface area (Å²) in [5, 5.41) is 8.60. The van der Waals surface area contributed by atoms with Crippen LogP contribution in [0.1, 0.15) is 0 Å². The molecule has 4 nitrogen and oxygen atoms in total. The van der Waals surface area contributed by atoms with E-state index in [4.69, 9.17) is 9.84 Å². The van der Waals surface area contributed by atoms with Crippen molar-refractivity contribution in [3.63, 3.8) is 0 Å². The standard InChI is InChI=1S/C7H9NO3/c1-11-6-4-2-3-5-8(6)7(9)10/h2-6H,1H3,(H,9,10)/t6-/m0/s1. The van der Waals surface area contributed by atoms with Gasteiger partial charge in [-0.25, -0.2) is 4.79 Å². The van der Waals surface area contributed by atoms with Crippen LogP contribution in [0.4, 0.5) is 4.79 Å². The first kappa shape index (κ1) is 7.81. The number of methoxy groups -OCH3 is 1. The van der Waals surface area contributed by atoms with Gasteiger partial charge in [-0.15, -0.1) is 0 Å². The van der Waals surface area contributed by atoms with E-state index < -0.39 is 12.3 Å². The summed E-state index contributed by atoms with van der Waals surface area (Å²) in [6.45, 7) is 0. The largest absolute Gasteiger partial charge is 0.465 e. The van der Waals surface area contributed by atoms with Gasteiger partial charge >= 0.3 is 6.09 Å². The van der Waals surface area contributed by atoms with Crippen molar-refractivity contribution in [2.24, 2.45) is 0 Å². The summed E-state index contributed by atoms with van der Waals surface area (Å²) < 4.78 is 4.87. The summed E-state index contributed by atoms with van der Waals surface area (Å²) in [6, 6.07) is 0. The molecule has 1 rings (SSSR count). The van der Waals surface area contributed by atoms with Crippen LogP contribution in [-0.2, 0) is 4.74 Å². The average molecular weight is 155 g/mol. The summed E-state index contributed by atoms with van der Waals surface area (Å²) in [5.41, 5.74) is 0. The maximum Gasteiger partial charge on any atom is 0.413 e. The minimum Gasteiger partial charge on any atom is -0.465 e. The zero-order chi connectivity index (χ0) is 8.27. The predicted octanol–water partition coefficient (Wildman–Crippen LogP) is 1.02. The van der Waals surface area contributed by atoms with Gasteiger partial charge in [-0.1, -0.05) is 6.08 Å². The predicted molar refractivity (Wildman–Crippen MR) is 38.9 cm³/mol. The Morgan fingerprint density at radius 1 is 1.64 bits per heavy atom. The van der Waals surface area contributed by atoms with E-state index in [0.717, 1.165) is 4.90 Å². The molecule has 1 atom stereocenters. The fraction of sp³-hybridized carbons (Fsp3) is 0.286. The van der Waals surface area contributed by atoms with E-state index in [-0.39, 0.29) is 0 Å². The van der Waals surface area contributed by atoms with Gasteiger partial charge in [-0.2, -0.15) is 0 Å². The molecular formula is C7H9NO3. The number of nitrogens with zero attached hydrogens (tertiary/aromatic N) is 1. The molecule has 60 valence electrons. The lowest BCUT2D eigenvalue weighted by Crippen LogP contribution is -2.36. The molecule has 11 heavy (non-hydrogen) atoms. The molecule has 0 unspecified atom stereocenters. The van der Waals surface area contributed by atoms with E-state index in [2.05, 4.69) is 0 Å². The topological polar surface area (TPSA) is 49.8 Å². The van der Waals surface area contributed by atoms with Crippen molar-refractivity contribution in [3.05, 3.63) is 24.4 Å². The van der Waals surface area contributed by atoms with Crippen LogP contribution in [0.15, 0.2) is 24.4 Å². The zero-order valence-corrected chi connectivity index (χ0v) is 6.10. The molecule has 0 aromatic rings. The van der Waals surface area contributed by atoms with Gasteiger partial charge in [0.1, 0.15) is 0 Å². The lowest BCUT2D eigenvalue weighted by atomic mass is 10.3. The maximum atomic E-state index is 10.5. The molecule has 0 bridgehead atoms. The van der Waals surface area contributed by atoms with Gasteiger partial charge in [0, 0.05) is 13.3 Å². The van der Waals surface area contributed by atoms with Crippen molar-refractivity contribution in [3.8, 4) is 0 Å². The summed E-state index contributed by atoms with van der Waals surface area (Å²) in [4.78, 5) is 11.6. The Bertz CT molecular complexity index is 210. The minimum absolute atomic E-state index is 0.488. The highest BCUT2D eigenvalue weighted by molar-refractivity contribution is 5.67. The summed E-state index contributed by atoms with van der Waals surface area (Å²) in [5.74, 6) is 0. The summed E-state index contributed by atoms with van der Waals surface area (Å²) in [6.07, 6.45) is 5.00. The van der Waals surface area contributed by atoms with E-state index in [9.17, 15) is 4.79 Å². The van der Waals surface area contributed by atoms with Crippen molar-refractivity contribution < 1.29 is 14.6 Å². The van der Waals surface area contributed by atoms with E-state index in [1.54, 1.807) is 18.2 Å². The molecule has 0 aliphatic carbocycles. The Morgan fingerprint density at radius 2 is 2.36 bits per heavy atom. The van der Waals surface area contributed by atoms with E-state index >= 15 is 0 Å². The molecule has 1 amide bonds. The molecule has 0 saturated carbocycles. The van der Waals surface area contributed by atoms with Crippen LogP contribution in [0.3, 0.4) is 0 Å². The molecule has 1 N–H and O–H groups in total. The van der Waals surface area contributed by atoms with Crippen LogP contribution in [0.5, 0.6) is 0 Å². The highest BCUT2D eigenvalue weighted by atomic mass is 16.5. The minimum atomic E-state index is -1.02. The second-order valence-electron chi connectivity index (χ2n) is 2.04. The molecule has 0 saturated heterocycles. The molecule has 0 aromatic heterocycles. The number of carbonyl (C=O) groups is 1. The summed E-state index contributed by atoms with van der Waals surface area (Å²) in [7, 11) is 1.46. The van der Waals surface area contributed by atoms with Gasteiger partial charge in [-0.3, -0.25) is 4.90 Å². The van der Waals surface area contributed by atoms with Crippen molar-refractivity contribution in [1.82, 2.24) is 4.90 Å². The van der Waals surface area contributed by atoms with Gasteiger partial charge < -0.3 is 9.84 Å². The van der Waals surface area contributed by atoms with Crippen molar-refractivity contribution in [1.29, 1.82) is 0 Å². The van der Waals surface area contributed by atoms with Crippen LogP contribution < -0.4 is 0 Å². The molecule has 1 heterocycles. The monoisotopic (exact) mass is 155 g/mol. The van der Waals surface area contributed by atoms with Crippen LogP contribution in [0, 0.1) is 0 Å². The Morgan fingerprint density at radius 3 is 2.82 bits per heavy atom. The van der Waals surface area contributed by atoms with E-state index in [0.29, 0.717) is 0 Å². The number of carboxylic acid groups (broad SMARTS) is 1. The SMILES string of the molecule is CO[C@H]1C=CC=CN1C(=O)O. The van der Waals surface area contributed by atoms with Crippen LogP contribution >= 0.6 is 0 Å². The summed E-state index contributed by atoms with van der Waals surface area (Å²) >= 11 is 0. The lowest BCUT2D eigenvalue weighted by molar-refractivity contribution is 0.0333. The second-order valence-corrected chi connectivity index (χ2v) is 2.04. The average Bonchev–Trinajstić information content (AvgIpc) is 2.04. The van der Waals surface area contributed by atoms with E-state index in [1.807, 2.05) is 0 Å². The van der Waals surface area contributed by atoms with Crippen LogP contribution in [0.25, 0.3) is 0 Å². The lowest BCUT2D eigenvalue weighted by Gasteiger charge is -2.23. The molecule has 0 aromatic carbocycles. The zero-order valence-electron chi connectivity index (χ0n) is 6.10. The van der Waals surface area contributed by atoms with Crippen molar-refractivity contribution in [2.75, 3.05) is 7.11 Å². The van der Waals surface area contributed by atoms with E-state index in [1.165, 1.54) is 13.3 Å². The van der Waals surface area contributed by atoms with Crippen molar-refractivity contribution >= 4 is 6.09 Å². The third-order valence-electron chi connectivity index (χ3n) is 1.37. The fourth-order valence-electron chi connectivity index (χ4n) is 0.844. The number of hydrogen-bond acceptors (Lipinski definition) is 2. The van der Waals surface area contributed by atoms with Crippen molar-refractivity contribution in [2.45, 2.75) is 6.23 Å². The fourth-order valence-corrected chi connectivity index (χ4v) is 0.844. The highest BCUT2D eigenvalue weighted by Gasteiger charge is 2.18. The third kappa shape index (κ3) is 1.59. The number of amides is 1. The number of hydrogen-bond donors (Lipinski definition) is 1. The first-order chi connectivity index (χ1) is 5.25. The second kappa shape index (κ2) is 3.21. The first-order valence-electron chi connectivity index (χ1n) is 3.15. The van der Waals surface area contributed by atoms with Gasteiger partial charge in [0.05, 0.1) is 0 Å². The number of rotatable bonds is 1. The number of ether oxygens (including phenoxy) is 1. The Labute approximate surface area is 64.4 Å². The Kier molecular flexibility index (Phi) is 2.28. The smallest absolute Gasteiger partial charge is 0.413 e. The number of allylic oxidation sites excluding steroid dienone is 2. The van der Waals surface area contributed by atoms with Gasteiger partial charge in [0.15, 0.2) is 6.23 Å². The van der Waals surface area contributed by atoms with Crippen LogP contribution in [0.2, 0.25) is 0 Å². The molecular weight excluding hydrogens is 146 g/mol. The molecule has 1 aliphatic heterocycles. The molecule has 0 fully saturated rings. The third-order valence-corrected chi connectivity index (χ3v) is 1.37. The van der Waals surface area contributed by atoms with Gasteiger partial charge in [0.2, 0.25) is 0 Å². The van der Waals surface area contributed by atoms with Crippen LogP contribution in [-0.4, -0.2) is 29.4 Å². The molecule has 4 heteroatoms. The molecule has 0 spiro atoms. The molecule has 0 radical (unpaired) electrons. The molecule has 1 aliphatic rings. The van der Waals surface area contributed by atoms with Gasteiger partial charge in [0.25, 0.3) is 0 Å². The maximum absolute atomic E-state index is 10.5. The van der Waals surface area contributed by atoms with Gasteiger partial charge in [-0.05, 0) is 12.2 Å². The quantitative estimate of drug-likeness (QED) is 0.615. The Balaban J connectivity index is 2.70. The normalized spacial score (nSPS) is 22.3. The Hall–Kier alpha value is -1.29. The first-order valence-corrected chi connectivity index (χ1v) is 3.15.